The Bertz CT molecular complexity index is 294. The predicted molar refractivity (Wildman–Crippen MR) is 66.2 cm³/mol. The van der Waals surface area contributed by atoms with Crippen LogP contribution in [0, 0.1) is 5.92 Å². The maximum Gasteiger partial charge on any atom is 0.0518 e. The van der Waals surface area contributed by atoms with Crippen LogP contribution in [0.15, 0.2) is 12.3 Å². The number of nitrogens with one attached hydrogen (secondary N) is 2. The fourth-order valence-electron chi connectivity index (χ4n) is 2.60. The van der Waals surface area contributed by atoms with Crippen molar-refractivity contribution in [3.05, 3.63) is 18.0 Å². The molecule has 2 N–H and O–H groups in total. The Hall–Kier alpha value is -0.830. The van der Waals surface area contributed by atoms with E-state index in [0.29, 0.717) is 12.1 Å². The zero-order valence-corrected chi connectivity index (χ0v) is 10.4. The second kappa shape index (κ2) is 5.48. The fraction of sp³-hybridized carbons (Fsp3) is 0.769. The summed E-state index contributed by atoms with van der Waals surface area (Å²) in [4.78, 5) is 0. The normalized spacial score (nSPS) is 28.6. The van der Waals surface area contributed by atoms with E-state index in [1.807, 2.05) is 6.20 Å². The van der Waals surface area contributed by atoms with E-state index in [2.05, 4.69) is 35.4 Å². The van der Waals surface area contributed by atoms with Gasteiger partial charge in [-0.25, -0.2) is 0 Å². The zero-order valence-electron chi connectivity index (χ0n) is 10.4. The van der Waals surface area contributed by atoms with E-state index >= 15 is 0 Å². The molecule has 1 aliphatic rings. The van der Waals surface area contributed by atoms with Crippen LogP contribution < -0.4 is 5.32 Å². The number of aromatic amines is 1. The first-order chi connectivity index (χ1) is 7.75. The summed E-state index contributed by atoms with van der Waals surface area (Å²) in [6.07, 6.45) is 8.60. The quantitative estimate of drug-likeness (QED) is 0.770. The summed E-state index contributed by atoms with van der Waals surface area (Å²) in [6.45, 7) is 4.59. The van der Waals surface area contributed by atoms with E-state index in [1.54, 1.807) is 0 Å². The summed E-state index contributed by atoms with van der Waals surface area (Å²) in [7, 11) is 0. The van der Waals surface area contributed by atoms with Crippen LogP contribution >= 0.6 is 0 Å². The minimum absolute atomic E-state index is 0.390. The average molecular weight is 221 g/mol. The molecule has 0 radical (unpaired) electrons. The van der Waals surface area contributed by atoms with Crippen LogP contribution in [0.2, 0.25) is 0 Å². The van der Waals surface area contributed by atoms with Crippen LogP contribution in [0.5, 0.6) is 0 Å². The molecule has 1 saturated carbocycles. The van der Waals surface area contributed by atoms with Crippen molar-refractivity contribution in [3.8, 4) is 0 Å². The first-order valence-electron chi connectivity index (χ1n) is 6.51. The lowest BCUT2D eigenvalue weighted by Crippen LogP contribution is -2.31. The monoisotopic (exact) mass is 221 g/mol. The fourth-order valence-corrected chi connectivity index (χ4v) is 2.60. The van der Waals surface area contributed by atoms with Gasteiger partial charge in [-0.05, 0) is 38.2 Å². The predicted octanol–water partition coefficient (Wildman–Crippen LogP) is 3.03. The lowest BCUT2D eigenvalue weighted by atomic mass is 10.0. The molecule has 0 bridgehead atoms. The largest absolute Gasteiger partial charge is 0.306 e. The third-order valence-electron chi connectivity index (χ3n) is 3.73. The summed E-state index contributed by atoms with van der Waals surface area (Å²) < 4.78 is 0. The topological polar surface area (TPSA) is 40.7 Å². The molecule has 0 aliphatic heterocycles. The van der Waals surface area contributed by atoms with E-state index in [-0.39, 0.29) is 0 Å². The van der Waals surface area contributed by atoms with E-state index in [4.69, 9.17) is 0 Å². The molecule has 0 aromatic carbocycles. The van der Waals surface area contributed by atoms with Crippen molar-refractivity contribution in [1.29, 1.82) is 0 Å². The second-order valence-electron chi connectivity index (χ2n) is 5.21. The van der Waals surface area contributed by atoms with Crippen molar-refractivity contribution in [3.63, 3.8) is 0 Å². The lowest BCUT2D eigenvalue weighted by Gasteiger charge is -2.21. The van der Waals surface area contributed by atoms with Crippen molar-refractivity contribution in [1.82, 2.24) is 15.5 Å². The Balaban J connectivity index is 1.84. The molecule has 90 valence electrons. The molecule has 0 amide bonds. The Labute approximate surface area is 98.0 Å². The van der Waals surface area contributed by atoms with Crippen LogP contribution in [0.4, 0.5) is 0 Å². The van der Waals surface area contributed by atoms with Gasteiger partial charge in [0.2, 0.25) is 0 Å². The summed E-state index contributed by atoms with van der Waals surface area (Å²) >= 11 is 0. The second-order valence-corrected chi connectivity index (χ2v) is 5.21. The van der Waals surface area contributed by atoms with Gasteiger partial charge in [0.15, 0.2) is 0 Å². The number of hydrogen-bond acceptors (Lipinski definition) is 2. The molecule has 0 spiro atoms. The summed E-state index contributed by atoms with van der Waals surface area (Å²) in [5.41, 5.74) is 1.19. The molecular weight excluding hydrogens is 198 g/mol. The molecular formula is C13H23N3. The highest BCUT2D eigenvalue weighted by Gasteiger charge is 2.18. The standard InChI is InChI=1S/C13H23N3/c1-10-4-3-5-12(7-6-10)15-11(2)13-8-9-14-16-13/h8-12,15H,3-7H2,1-2H3,(H,14,16). The molecule has 2 rings (SSSR count). The first kappa shape index (κ1) is 11.6. The van der Waals surface area contributed by atoms with E-state index in [9.17, 15) is 0 Å². The molecule has 3 unspecified atom stereocenters. The third kappa shape index (κ3) is 3.08. The number of H-pyrrole nitrogens is 1. The summed E-state index contributed by atoms with van der Waals surface area (Å²) in [5, 5.41) is 10.8. The van der Waals surface area contributed by atoms with Gasteiger partial charge in [0.05, 0.1) is 5.69 Å². The maximum absolute atomic E-state index is 4.00. The van der Waals surface area contributed by atoms with E-state index in [1.165, 1.54) is 37.8 Å². The Morgan fingerprint density at radius 2 is 2.25 bits per heavy atom. The van der Waals surface area contributed by atoms with Gasteiger partial charge in [0.25, 0.3) is 0 Å². The molecule has 1 fully saturated rings. The minimum Gasteiger partial charge on any atom is -0.306 e. The zero-order chi connectivity index (χ0) is 11.4. The smallest absolute Gasteiger partial charge is 0.0518 e. The first-order valence-corrected chi connectivity index (χ1v) is 6.51. The Kier molecular flexibility index (Phi) is 3.99. The molecule has 3 atom stereocenters. The Morgan fingerprint density at radius 3 is 3.00 bits per heavy atom. The number of rotatable bonds is 3. The molecule has 3 heteroatoms. The van der Waals surface area contributed by atoms with Gasteiger partial charge in [-0.1, -0.05) is 19.8 Å². The van der Waals surface area contributed by atoms with Crippen LogP contribution in [0.1, 0.15) is 57.7 Å². The van der Waals surface area contributed by atoms with Crippen molar-refractivity contribution >= 4 is 0 Å². The minimum atomic E-state index is 0.390. The molecule has 1 heterocycles. The number of nitrogens with zero attached hydrogens (tertiary/aromatic N) is 1. The molecule has 16 heavy (non-hydrogen) atoms. The van der Waals surface area contributed by atoms with Gasteiger partial charge in [-0.15, -0.1) is 0 Å². The third-order valence-corrected chi connectivity index (χ3v) is 3.73. The van der Waals surface area contributed by atoms with Crippen molar-refractivity contribution in [2.24, 2.45) is 5.92 Å². The highest BCUT2D eigenvalue weighted by molar-refractivity contribution is 5.03. The van der Waals surface area contributed by atoms with E-state index in [0.717, 1.165) is 5.92 Å². The average Bonchev–Trinajstić information content (AvgIpc) is 2.72. The van der Waals surface area contributed by atoms with Crippen molar-refractivity contribution < 1.29 is 0 Å². The summed E-state index contributed by atoms with van der Waals surface area (Å²) in [5.74, 6) is 0.911. The lowest BCUT2D eigenvalue weighted by molar-refractivity contribution is 0.404. The highest BCUT2D eigenvalue weighted by Crippen LogP contribution is 2.24. The van der Waals surface area contributed by atoms with Crippen molar-refractivity contribution in [2.75, 3.05) is 0 Å². The number of hydrogen-bond donors (Lipinski definition) is 2. The molecule has 1 aromatic rings. The van der Waals surface area contributed by atoms with Gasteiger partial charge in [-0.2, -0.15) is 5.10 Å². The molecule has 1 aliphatic carbocycles. The van der Waals surface area contributed by atoms with Crippen LogP contribution in [0.3, 0.4) is 0 Å². The molecule has 1 aromatic heterocycles. The molecule has 0 saturated heterocycles. The van der Waals surface area contributed by atoms with Gasteiger partial charge < -0.3 is 5.32 Å². The van der Waals surface area contributed by atoms with E-state index < -0.39 is 0 Å². The van der Waals surface area contributed by atoms with Crippen LogP contribution in [-0.4, -0.2) is 16.2 Å². The highest BCUT2D eigenvalue weighted by atomic mass is 15.1. The SMILES string of the molecule is CC1CCCC(NC(C)c2ccn[nH]2)CC1. The van der Waals surface area contributed by atoms with Crippen molar-refractivity contribution in [2.45, 2.75) is 58.0 Å². The van der Waals surface area contributed by atoms with Gasteiger partial charge >= 0.3 is 0 Å². The van der Waals surface area contributed by atoms with Gasteiger partial charge in [0, 0.05) is 18.3 Å². The van der Waals surface area contributed by atoms with Gasteiger partial charge in [-0.3, -0.25) is 5.10 Å². The maximum atomic E-state index is 4.00. The Morgan fingerprint density at radius 1 is 1.38 bits per heavy atom. The van der Waals surface area contributed by atoms with Gasteiger partial charge in [0.1, 0.15) is 0 Å². The summed E-state index contributed by atoms with van der Waals surface area (Å²) in [6, 6.07) is 3.13. The number of aromatic nitrogens is 2. The van der Waals surface area contributed by atoms with Crippen LogP contribution in [-0.2, 0) is 0 Å². The van der Waals surface area contributed by atoms with Crippen LogP contribution in [0.25, 0.3) is 0 Å². The molecule has 3 nitrogen and oxygen atoms in total.